The standard InChI is InChI=1S/C46H91BrO3S2Si/c1-6-9-12-15-18-20-21-22-23-24-25-26-27-30-35-40-46(50-53(4,5)49-42-37-32-31-36-41-47)48-44-45(39-34-29-17-14-11-8-3)52-51-43-38-33-28-19-16-13-10-7-2/h18,20,22-23,45-46H,6-17,19,21,24-44H2,1-5H3/b20-18-,23-22-. The van der Waals surface area contributed by atoms with Gasteiger partial charge in [0.25, 0.3) is 0 Å². The predicted molar refractivity (Wildman–Crippen MR) is 250 cm³/mol. The van der Waals surface area contributed by atoms with Crippen molar-refractivity contribution in [2.45, 2.75) is 244 Å². The van der Waals surface area contributed by atoms with Gasteiger partial charge in [-0.1, -0.05) is 211 Å². The first-order valence-electron chi connectivity index (χ1n) is 23.1. The number of unbranched alkanes of at least 4 members (excludes halogenated alkanes) is 23. The summed E-state index contributed by atoms with van der Waals surface area (Å²) in [6, 6.07) is 0. The fourth-order valence-corrected chi connectivity index (χ4v) is 11.1. The van der Waals surface area contributed by atoms with E-state index in [2.05, 4.69) is 95.7 Å². The van der Waals surface area contributed by atoms with Gasteiger partial charge >= 0.3 is 8.56 Å². The highest BCUT2D eigenvalue weighted by Gasteiger charge is 2.29. The molecule has 0 heterocycles. The van der Waals surface area contributed by atoms with Gasteiger partial charge in [-0.3, -0.25) is 0 Å². The lowest BCUT2D eigenvalue weighted by Crippen LogP contribution is -2.41. The smallest absolute Gasteiger partial charge is 0.333 e. The van der Waals surface area contributed by atoms with E-state index < -0.39 is 8.56 Å². The highest BCUT2D eigenvalue weighted by Crippen LogP contribution is 2.32. The minimum Gasteiger partial charge on any atom is -0.394 e. The summed E-state index contributed by atoms with van der Waals surface area (Å²) in [5.74, 6) is 1.27. The van der Waals surface area contributed by atoms with Crippen LogP contribution >= 0.6 is 37.5 Å². The molecule has 0 amide bonds. The Bertz CT molecular complexity index is 769. The minimum absolute atomic E-state index is 0.145. The van der Waals surface area contributed by atoms with Crippen LogP contribution in [0.4, 0.5) is 0 Å². The maximum atomic E-state index is 6.77. The summed E-state index contributed by atoms with van der Waals surface area (Å²) in [6.45, 7) is 12.9. The molecule has 0 saturated heterocycles. The van der Waals surface area contributed by atoms with Gasteiger partial charge in [0.1, 0.15) is 6.29 Å². The van der Waals surface area contributed by atoms with Gasteiger partial charge < -0.3 is 13.6 Å². The zero-order chi connectivity index (χ0) is 38.8. The first kappa shape index (κ1) is 53.8. The number of allylic oxidation sites excluding steroid dienone is 4. The van der Waals surface area contributed by atoms with Crippen LogP contribution in [0, 0.1) is 0 Å². The molecule has 0 aliphatic rings. The van der Waals surface area contributed by atoms with E-state index in [0.717, 1.165) is 37.8 Å². The summed E-state index contributed by atoms with van der Waals surface area (Å²) in [6.07, 6.45) is 49.5. The van der Waals surface area contributed by atoms with Gasteiger partial charge in [0.05, 0.1) is 6.61 Å². The third-order valence-electron chi connectivity index (χ3n) is 9.92. The van der Waals surface area contributed by atoms with E-state index >= 15 is 0 Å². The number of rotatable bonds is 44. The zero-order valence-electron chi connectivity index (χ0n) is 36.1. The van der Waals surface area contributed by atoms with E-state index in [1.54, 1.807) is 0 Å². The van der Waals surface area contributed by atoms with Gasteiger partial charge in [0, 0.05) is 22.9 Å². The van der Waals surface area contributed by atoms with E-state index in [9.17, 15) is 0 Å². The third-order valence-corrected chi connectivity index (χ3v) is 15.2. The van der Waals surface area contributed by atoms with Crippen molar-refractivity contribution in [3.8, 4) is 0 Å². The van der Waals surface area contributed by atoms with Crippen molar-refractivity contribution in [3.63, 3.8) is 0 Å². The second-order valence-corrected chi connectivity index (χ2v) is 22.7. The highest BCUT2D eigenvalue weighted by molar-refractivity contribution is 9.09. The lowest BCUT2D eigenvalue weighted by atomic mass is 10.1. The van der Waals surface area contributed by atoms with Crippen LogP contribution in [0.1, 0.15) is 220 Å². The van der Waals surface area contributed by atoms with E-state index in [1.807, 2.05) is 0 Å². The monoisotopic (exact) mass is 863 g/mol. The number of ether oxygens (including phenoxy) is 1. The van der Waals surface area contributed by atoms with Crippen LogP contribution in [-0.4, -0.2) is 44.4 Å². The number of hydrogen-bond donors (Lipinski definition) is 0. The zero-order valence-corrected chi connectivity index (χ0v) is 40.4. The molecule has 0 aliphatic carbocycles. The third kappa shape index (κ3) is 42.2. The summed E-state index contributed by atoms with van der Waals surface area (Å²) >= 11 is 3.56. The van der Waals surface area contributed by atoms with Crippen LogP contribution in [0.3, 0.4) is 0 Å². The summed E-state index contributed by atoms with van der Waals surface area (Å²) in [7, 11) is 1.92. The van der Waals surface area contributed by atoms with Crippen molar-refractivity contribution < 1.29 is 13.6 Å². The molecule has 0 rings (SSSR count). The Hall–Kier alpha value is 0.757. The minimum atomic E-state index is -2.27. The highest BCUT2D eigenvalue weighted by atomic mass is 79.9. The molecule has 316 valence electrons. The van der Waals surface area contributed by atoms with E-state index in [-0.39, 0.29) is 6.29 Å². The Kier molecular flexibility index (Phi) is 44.5. The molecule has 0 aromatic rings. The Labute approximate surface area is 350 Å². The Morgan fingerprint density at radius 1 is 0.547 bits per heavy atom. The molecule has 0 spiro atoms. The molecule has 0 saturated carbocycles. The van der Waals surface area contributed by atoms with Crippen LogP contribution < -0.4 is 0 Å². The summed E-state index contributed by atoms with van der Waals surface area (Å²) in [5.41, 5.74) is 0. The Morgan fingerprint density at radius 2 is 1.04 bits per heavy atom. The van der Waals surface area contributed by atoms with Crippen molar-refractivity contribution in [2.24, 2.45) is 0 Å². The number of hydrogen-bond acceptors (Lipinski definition) is 5. The molecule has 2 atom stereocenters. The van der Waals surface area contributed by atoms with Crippen molar-refractivity contribution in [1.82, 2.24) is 0 Å². The molecule has 0 N–H and O–H groups in total. The molecule has 7 heteroatoms. The molecular formula is C46H91BrO3S2Si. The lowest BCUT2D eigenvalue weighted by molar-refractivity contribution is -0.103. The lowest BCUT2D eigenvalue weighted by Gasteiger charge is -2.30. The maximum absolute atomic E-state index is 6.77. The first-order chi connectivity index (χ1) is 26.0. The Balaban J connectivity index is 4.86. The van der Waals surface area contributed by atoms with Gasteiger partial charge in [-0.25, -0.2) is 0 Å². The average Bonchev–Trinajstić information content (AvgIpc) is 3.15. The van der Waals surface area contributed by atoms with Crippen LogP contribution in [0.15, 0.2) is 24.3 Å². The van der Waals surface area contributed by atoms with Crippen molar-refractivity contribution in [1.29, 1.82) is 0 Å². The number of halogens is 1. The van der Waals surface area contributed by atoms with Crippen molar-refractivity contribution >= 4 is 46.1 Å². The van der Waals surface area contributed by atoms with Gasteiger partial charge in [-0.2, -0.15) is 0 Å². The molecule has 0 radical (unpaired) electrons. The molecular weight excluding hydrogens is 773 g/mol. The molecule has 53 heavy (non-hydrogen) atoms. The van der Waals surface area contributed by atoms with E-state index in [0.29, 0.717) is 5.25 Å². The number of alkyl halides is 1. The van der Waals surface area contributed by atoms with Gasteiger partial charge in [0.2, 0.25) is 0 Å². The molecule has 0 aromatic carbocycles. The van der Waals surface area contributed by atoms with Crippen LogP contribution in [0.5, 0.6) is 0 Å². The van der Waals surface area contributed by atoms with Gasteiger partial charge in [-0.15, -0.1) is 0 Å². The van der Waals surface area contributed by atoms with Gasteiger partial charge in [0.15, 0.2) is 0 Å². The maximum Gasteiger partial charge on any atom is 0.333 e. The molecule has 0 bridgehead atoms. The average molecular weight is 864 g/mol. The Morgan fingerprint density at radius 3 is 1.66 bits per heavy atom. The fraction of sp³-hybridized carbons (Fsp3) is 0.913. The fourth-order valence-electron chi connectivity index (χ4n) is 6.48. The van der Waals surface area contributed by atoms with E-state index in [4.69, 9.17) is 13.6 Å². The summed E-state index contributed by atoms with van der Waals surface area (Å²) < 4.78 is 19.9. The molecule has 0 aliphatic heterocycles. The summed E-state index contributed by atoms with van der Waals surface area (Å²) in [5, 5.41) is 1.64. The topological polar surface area (TPSA) is 27.7 Å². The first-order valence-corrected chi connectivity index (χ1v) is 29.4. The second-order valence-electron chi connectivity index (χ2n) is 15.8. The summed E-state index contributed by atoms with van der Waals surface area (Å²) in [4.78, 5) is 0. The van der Waals surface area contributed by atoms with Gasteiger partial charge in [-0.05, 0) is 83.7 Å². The predicted octanol–water partition coefficient (Wildman–Crippen LogP) is 17.5. The molecule has 3 nitrogen and oxygen atoms in total. The molecule has 0 aromatic heterocycles. The van der Waals surface area contributed by atoms with Crippen molar-refractivity contribution in [3.05, 3.63) is 24.3 Å². The van der Waals surface area contributed by atoms with Crippen LogP contribution in [0.2, 0.25) is 13.1 Å². The van der Waals surface area contributed by atoms with Crippen LogP contribution in [0.25, 0.3) is 0 Å². The SMILES string of the molecule is CCCCC/C=C\C/C=C\CCCCCCCC(OCC(CCCCCCCC)SSCCCCCCCCCC)O[Si](C)(C)OCCCCCCBr. The van der Waals surface area contributed by atoms with E-state index in [1.165, 1.54) is 186 Å². The second kappa shape index (κ2) is 43.9. The van der Waals surface area contributed by atoms with Crippen LogP contribution in [-0.2, 0) is 13.6 Å². The normalized spacial score (nSPS) is 13.5. The largest absolute Gasteiger partial charge is 0.394 e. The molecule has 2 unspecified atom stereocenters. The quantitative estimate of drug-likeness (QED) is 0.0152. The van der Waals surface area contributed by atoms with Crippen molar-refractivity contribution in [2.75, 3.05) is 24.3 Å². The molecule has 0 fully saturated rings.